The van der Waals surface area contributed by atoms with E-state index in [1.165, 1.54) is 67.1 Å². The van der Waals surface area contributed by atoms with E-state index >= 15 is 0 Å². The summed E-state index contributed by atoms with van der Waals surface area (Å²) in [7, 11) is 0. The highest BCUT2D eigenvalue weighted by Gasteiger charge is 2.39. The van der Waals surface area contributed by atoms with Crippen molar-refractivity contribution in [1.82, 2.24) is 54.5 Å². The summed E-state index contributed by atoms with van der Waals surface area (Å²) in [5, 5.41) is 23.9. The van der Waals surface area contributed by atoms with Crippen molar-refractivity contribution in [2.45, 2.75) is 158 Å². The van der Waals surface area contributed by atoms with Crippen molar-refractivity contribution in [3.8, 4) is 33.4 Å². The molecule has 0 radical (unpaired) electrons. The third kappa shape index (κ3) is 31.9. The SMILES string of the molecule is CCC(C(=O)C[C@@H](Cc1cc(F)cc(F)c1)c1ncccc1-c1ccc(F)c(C(N)=O)c1)n1ccc(C(F)(F)F)n1.CCC(C(=O)C[C@@H](Cc1cc(F)cc(F)c1)c1ncccc1-c1ccc(F)c(C(N)=O)c1)n1ccc(C(F)(F)F)n1.CCC(C(=O)O)n1ccc(C(F)(F)F)n1.CCOC(=O)C(Br)CC.FC(F)(F)c1ccn[nH]1.NC(=O)c1cc(-c2cccnc2[C@@H](N)Cc2cc(F)cc(F)c2)ccc1F. The number of hydrogen-bond donors (Lipinski definition) is 6. The number of carbonyl (C=O) groups is 7. The predicted molar refractivity (Wildman–Crippen MR) is 477 cm³/mol. The van der Waals surface area contributed by atoms with Crippen LogP contribution >= 0.6 is 15.9 Å². The van der Waals surface area contributed by atoms with Gasteiger partial charge in [0, 0.05) is 103 Å². The number of carboxylic acid groups (broad SMARTS) is 1. The number of H-pyrrole nitrogens is 1. The number of pyridine rings is 3. The summed E-state index contributed by atoms with van der Waals surface area (Å²) in [5.74, 6) is -14.0. The fourth-order valence-electron chi connectivity index (χ4n) is 14.4. The number of ketones is 2. The van der Waals surface area contributed by atoms with Crippen LogP contribution < -0.4 is 22.9 Å². The molecule has 7 heterocycles. The van der Waals surface area contributed by atoms with Crippen LogP contribution in [0.3, 0.4) is 0 Å². The number of carbonyl (C=O) groups excluding carboxylic acids is 6. The summed E-state index contributed by atoms with van der Waals surface area (Å²) >= 11 is 3.17. The Morgan fingerprint density at radius 1 is 0.401 bits per heavy atom. The molecule has 0 saturated carbocycles. The molecule has 0 spiro atoms. The lowest BCUT2D eigenvalue weighted by Gasteiger charge is -2.22. The average Bonchev–Trinajstić information content (AvgIpc) is 0.997. The zero-order valence-corrected chi connectivity index (χ0v) is 76.7. The van der Waals surface area contributed by atoms with Crippen LogP contribution in [-0.4, -0.2) is 112 Å². The molecule has 0 fully saturated rings. The minimum atomic E-state index is -4.70. The Labute approximate surface area is 803 Å². The van der Waals surface area contributed by atoms with Crippen molar-refractivity contribution in [2.75, 3.05) is 6.61 Å². The van der Waals surface area contributed by atoms with Gasteiger partial charge in [-0.15, -0.1) is 0 Å². The number of ether oxygens (including phenoxy) is 1. The highest BCUT2D eigenvalue weighted by molar-refractivity contribution is 9.10. The van der Waals surface area contributed by atoms with Gasteiger partial charge in [0.25, 0.3) is 17.7 Å². The highest BCUT2D eigenvalue weighted by atomic mass is 79.9. The maximum Gasteiger partial charge on any atom is 0.435 e. The number of Topliss-reactive ketones (excluding diaryl/α,β-unsaturated/α-hetero) is 2. The molecule has 7 atom stereocenters. The first-order chi connectivity index (χ1) is 66.8. The molecule has 3 amide bonds. The molecule has 13 rings (SSSR count). The van der Waals surface area contributed by atoms with Crippen LogP contribution in [0.4, 0.5) is 92.2 Å². The summed E-state index contributed by atoms with van der Waals surface area (Å²) in [6.07, 6.45) is -9.00. The van der Waals surface area contributed by atoms with E-state index in [-0.39, 0.29) is 90.0 Å². The number of nitrogens with one attached hydrogen (secondary N) is 1. The predicted octanol–water partition coefficient (Wildman–Crippen LogP) is 21.4. The largest absolute Gasteiger partial charge is 0.480 e. The molecule has 13 aromatic rings. The van der Waals surface area contributed by atoms with Crippen LogP contribution in [0.5, 0.6) is 0 Å². The number of primary amides is 3. The molecule has 0 aliphatic rings. The van der Waals surface area contributed by atoms with Gasteiger partial charge in [0.1, 0.15) is 81.0 Å². The fourth-order valence-corrected chi connectivity index (χ4v) is 14.5. The number of nitrogens with zero attached hydrogens (tertiary/aromatic N) is 10. The summed E-state index contributed by atoms with van der Waals surface area (Å²) < 4.78 is 282. The van der Waals surface area contributed by atoms with E-state index in [9.17, 15) is 126 Å². The Bertz CT molecular complexity index is 6240. The number of hydrogen-bond acceptors (Lipinski definition) is 16. The second-order valence-electron chi connectivity index (χ2n) is 31.0. The van der Waals surface area contributed by atoms with E-state index in [2.05, 4.69) is 51.3 Å². The van der Waals surface area contributed by atoms with E-state index in [0.29, 0.717) is 74.8 Å². The summed E-state index contributed by atoms with van der Waals surface area (Å²) in [5.41, 5.74) is 21.2. The van der Waals surface area contributed by atoms with Crippen molar-refractivity contribution in [1.29, 1.82) is 0 Å². The number of aromatic nitrogens is 11. The van der Waals surface area contributed by atoms with Gasteiger partial charge in [-0.3, -0.25) is 62.9 Å². The molecule has 0 bridgehead atoms. The normalized spacial score (nSPS) is 12.9. The third-order valence-electron chi connectivity index (χ3n) is 20.9. The lowest BCUT2D eigenvalue weighted by Crippen LogP contribution is -2.23. The molecule has 0 aliphatic heterocycles. The van der Waals surface area contributed by atoms with Gasteiger partial charge in [-0.25, -0.2) is 44.3 Å². The molecular weight excluding hydrogens is 1990 g/mol. The van der Waals surface area contributed by atoms with Crippen LogP contribution in [0.1, 0.15) is 197 Å². The standard InChI is InChI=1S/2C29H24F6N4O2.C20H16F3N3O.C8H9F3N2O2.C6H11BrO2.C4H3F3N2/c2*1-2-24(39-9-7-26(38-39)29(33,34)35)25(40)14-18(10-16-11-19(30)15-20(31)12-16)27-21(4-3-8-37-27)17-5-6-23(32)22(13-17)28(36)41;21-13-6-11(7-14(22)10-13)8-18(24)19-15(2-1-5-26-19)12-3-4-17(23)16(9-12)20(25)27;1-2-5(7(14)15)13-4-3-6(12-13)8(9,10)11;1-3-5(7)6(8)9-4-2;5-4(6,7)3-1-2-8-9-3/h2*3-9,11-13,15,18,24H,2,10,14H2,1H3,(H2,36,41);1-7,9-10,18H,8,24H2,(H2,25,27);3-5H,2H2,1H3,(H,14,15);5H,3-4H2,1-2H3;1-2H,(H,8,9)/t2*18-,24?;18-;;;/m110.../s1. The van der Waals surface area contributed by atoms with E-state index in [0.717, 1.165) is 118 Å². The number of aromatic amines is 1. The number of rotatable bonds is 31. The molecule has 142 heavy (non-hydrogen) atoms. The molecular formula is C96H87BrF21N15O9. The van der Waals surface area contributed by atoms with Crippen molar-refractivity contribution < 1.29 is 136 Å². The van der Waals surface area contributed by atoms with Gasteiger partial charge < -0.3 is 32.8 Å². The minimum Gasteiger partial charge on any atom is -0.480 e. The number of amides is 3. The van der Waals surface area contributed by atoms with Gasteiger partial charge in [0.2, 0.25) is 0 Å². The Hall–Kier alpha value is -14.7. The van der Waals surface area contributed by atoms with Gasteiger partial charge >= 0.3 is 36.6 Å². The quantitative estimate of drug-likeness (QED) is 0.0133. The Morgan fingerprint density at radius 2 is 0.718 bits per heavy atom. The molecule has 10 N–H and O–H groups in total. The minimum absolute atomic E-state index is 0.0718. The molecule has 24 nitrogen and oxygen atoms in total. The number of halogens is 22. The Kier molecular flexibility index (Phi) is 40.0. The Balaban J connectivity index is 0.000000227. The molecule has 7 aromatic heterocycles. The number of nitrogens with two attached hydrogens (primary N) is 4. The average molecular weight is 2070 g/mol. The first-order valence-electron chi connectivity index (χ1n) is 42.5. The number of esters is 1. The molecule has 4 unspecified atom stereocenters. The zero-order valence-electron chi connectivity index (χ0n) is 75.1. The maximum atomic E-state index is 14.2. The summed E-state index contributed by atoms with van der Waals surface area (Å²) in [6, 6.07) is 29.4. The van der Waals surface area contributed by atoms with E-state index in [4.69, 9.17) is 32.8 Å². The molecule has 6 aromatic carbocycles. The summed E-state index contributed by atoms with van der Waals surface area (Å²) in [6.45, 7) is 8.98. The van der Waals surface area contributed by atoms with Crippen LogP contribution in [0, 0.1) is 52.4 Å². The van der Waals surface area contributed by atoms with E-state index < -0.39 is 171 Å². The second-order valence-corrected chi connectivity index (χ2v) is 32.1. The smallest absolute Gasteiger partial charge is 0.435 e. The van der Waals surface area contributed by atoms with Gasteiger partial charge in [-0.05, 0) is 201 Å². The first-order valence-corrected chi connectivity index (χ1v) is 43.5. The van der Waals surface area contributed by atoms with Crippen LogP contribution in [0.25, 0.3) is 33.4 Å². The topological polar surface area (TPSA) is 374 Å². The lowest BCUT2D eigenvalue weighted by atomic mass is 9.85. The van der Waals surface area contributed by atoms with Gasteiger partial charge in [0.05, 0.1) is 46.4 Å². The second kappa shape index (κ2) is 50.4. The van der Waals surface area contributed by atoms with Crippen molar-refractivity contribution in [3.05, 3.63) is 339 Å². The maximum absolute atomic E-state index is 14.2. The monoisotopic (exact) mass is 2070 g/mol. The molecule has 0 aliphatic carbocycles. The van der Waals surface area contributed by atoms with Gasteiger partial charge in [-0.2, -0.15) is 73.1 Å². The van der Waals surface area contributed by atoms with Crippen molar-refractivity contribution >= 4 is 57.2 Å². The van der Waals surface area contributed by atoms with Crippen LogP contribution in [0.2, 0.25) is 0 Å². The summed E-state index contributed by atoms with van der Waals surface area (Å²) in [4.78, 5) is 96.3. The number of benzene rings is 6. The van der Waals surface area contributed by atoms with E-state index in [1.54, 1.807) is 69.2 Å². The van der Waals surface area contributed by atoms with Gasteiger partial charge in [0.15, 0.2) is 28.6 Å². The number of aliphatic carboxylic acids is 1. The fraction of sp³-hybridized carbons (Fsp3) is 0.271. The lowest BCUT2D eigenvalue weighted by molar-refractivity contribution is -0.144. The Morgan fingerprint density at radius 3 is 0.986 bits per heavy atom. The third-order valence-corrected chi connectivity index (χ3v) is 21.9. The van der Waals surface area contributed by atoms with Crippen molar-refractivity contribution in [2.24, 2.45) is 22.9 Å². The van der Waals surface area contributed by atoms with Gasteiger partial charge in [-0.1, -0.05) is 80.0 Å². The number of alkyl halides is 13. The van der Waals surface area contributed by atoms with Crippen LogP contribution in [-0.2, 0) is 67.9 Å². The first kappa shape index (κ1) is 113. The van der Waals surface area contributed by atoms with Crippen LogP contribution in [0.15, 0.2) is 213 Å². The molecule has 0 saturated heterocycles. The molecule has 754 valence electrons. The molecule has 46 heteroatoms. The zero-order chi connectivity index (χ0) is 105. The number of carboxylic acids is 1. The highest BCUT2D eigenvalue weighted by Crippen LogP contribution is 2.40. The van der Waals surface area contributed by atoms with E-state index in [1.807, 2.05) is 6.92 Å². The van der Waals surface area contributed by atoms with Crippen molar-refractivity contribution in [3.63, 3.8) is 0 Å².